The highest BCUT2D eigenvalue weighted by atomic mass is 15.0. The van der Waals surface area contributed by atoms with Crippen molar-refractivity contribution in [2.24, 2.45) is 5.92 Å². The lowest BCUT2D eigenvalue weighted by molar-refractivity contribution is 0.622. The molecule has 0 saturated heterocycles. The van der Waals surface area contributed by atoms with Gasteiger partial charge in [0.05, 0.1) is 5.69 Å². The number of fused-ring (bicyclic) bond motifs is 1. The van der Waals surface area contributed by atoms with Crippen molar-refractivity contribution in [3.05, 3.63) is 36.3 Å². The summed E-state index contributed by atoms with van der Waals surface area (Å²) in [5.74, 6) is 1.52. The zero-order valence-corrected chi connectivity index (χ0v) is 9.84. The van der Waals surface area contributed by atoms with E-state index in [1.165, 1.54) is 31.5 Å². The summed E-state index contributed by atoms with van der Waals surface area (Å²) in [6.45, 7) is 1.18. The van der Waals surface area contributed by atoms with Gasteiger partial charge in [0.25, 0.3) is 0 Å². The molecule has 2 aliphatic rings. The van der Waals surface area contributed by atoms with E-state index in [1.54, 1.807) is 0 Å². The third kappa shape index (κ3) is 1.84. The van der Waals surface area contributed by atoms with Crippen molar-refractivity contribution in [2.45, 2.75) is 31.2 Å². The topological polar surface area (TPSA) is 29.3 Å². The lowest BCUT2D eigenvalue weighted by Crippen LogP contribution is -2.19. The van der Waals surface area contributed by atoms with Gasteiger partial charge in [-0.25, -0.2) is 4.98 Å². The van der Waals surface area contributed by atoms with Crippen LogP contribution in [0.2, 0.25) is 0 Å². The molecule has 0 radical (unpaired) electrons. The lowest BCUT2D eigenvalue weighted by atomic mass is 10.2. The van der Waals surface area contributed by atoms with Crippen LogP contribution in [0.1, 0.15) is 30.9 Å². The van der Waals surface area contributed by atoms with Crippen LogP contribution < -0.4 is 5.32 Å². The third-order valence-electron chi connectivity index (χ3n) is 3.93. The van der Waals surface area contributed by atoms with E-state index < -0.39 is 0 Å². The van der Waals surface area contributed by atoms with Gasteiger partial charge in [-0.2, -0.15) is 0 Å². The minimum atomic E-state index is 0.696. The van der Waals surface area contributed by atoms with Crippen molar-refractivity contribution in [1.82, 2.24) is 14.7 Å². The summed E-state index contributed by atoms with van der Waals surface area (Å²) < 4.78 is 2.12. The van der Waals surface area contributed by atoms with Crippen LogP contribution in [0, 0.1) is 5.92 Å². The van der Waals surface area contributed by atoms with E-state index in [-0.39, 0.29) is 0 Å². The van der Waals surface area contributed by atoms with Gasteiger partial charge in [0.2, 0.25) is 0 Å². The van der Waals surface area contributed by atoms with Gasteiger partial charge in [0, 0.05) is 24.4 Å². The van der Waals surface area contributed by atoms with Crippen LogP contribution >= 0.6 is 0 Å². The molecule has 0 aromatic carbocycles. The van der Waals surface area contributed by atoms with E-state index >= 15 is 0 Å². The summed E-state index contributed by atoms with van der Waals surface area (Å²) in [5, 5.41) is 3.62. The molecular weight excluding hydrogens is 210 g/mol. The molecule has 3 nitrogen and oxygen atoms in total. The minimum Gasteiger partial charge on any atom is -0.314 e. The van der Waals surface area contributed by atoms with Crippen molar-refractivity contribution < 1.29 is 0 Å². The third-order valence-corrected chi connectivity index (χ3v) is 3.93. The average Bonchev–Trinajstić information content (AvgIpc) is 3.24. The van der Waals surface area contributed by atoms with Crippen molar-refractivity contribution in [2.75, 3.05) is 6.54 Å². The van der Waals surface area contributed by atoms with Crippen LogP contribution in [0.4, 0.5) is 0 Å². The fourth-order valence-corrected chi connectivity index (χ4v) is 2.57. The van der Waals surface area contributed by atoms with E-state index in [2.05, 4.69) is 34.2 Å². The van der Waals surface area contributed by atoms with Gasteiger partial charge in [-0.1, -0.05) is 6.07 Å². The Morgan fingerprint density at radius 2 is 2.29 bits per heavy atom. The maximum absolute atomic E-state index is 4.70. The molecule has 2 fully saturated rings. The molecule has 2 aliphatic carbocycles. The molecule has 0 amide bonds. The van der Waals surface area contributed by atoms with Crippen molar-refractivity contribution in [3.63, 3.8) is 0 Å². The second-order valence-corrected chi connectivity index (χ2v) is 5.42. The number of nitrogens with one attached hydrogen (secondary N) is 1. The van der Waals surface area contributed by atoms with Crippen molar-refractivity contribution in [3.8, 4) is 0 Å². The summed E-state index contributed by atoms with van der Waals surface area (Å²) >= 11 is 0. The Labute approximate surface area is 101 Å². The summed E-state index contributed by atoms with van der Waals surface area (Å²) in [6, 6.07) is 7.00. The summed E-state index contributed by atoms with van der Waals surface area (Å²) in [6.07, 6.45) is 8.34. The van der Waals surface area contributed by atoms with Gasteiger partial charge < -0.3 is 9.72 Å². The number of aromatic nitrogens is 2. The number of rotatable bonds is 4. The maximum atomic E-state index is 4.70. The van der Waals surface area contributed by atoms with Crippen LogP contribution in [-0.2, 0) is 0 Å². The molecule has 2 heterocycles. The predicted octanol–water partition coefficient (Wildman–Crippen LogP) is 2.19. The molecule has 88 valence electrons. The van der Waals surface area contributed by atoms with Gasteiger partial charge in [-0.3, -0.25) is 0 Å². The predicted molar refractivity (Wildman–Crippen MR) is 67.1 cm³/mol. The summed E-state index contributed by atoms with van der Waals surface area (Å²) in [5.41, 5.74) is 2.35. The molecule has 17 heavy (non-hydrogen) atoms. The monoisotopic (exact) mass is 227 g/mol. The first-order chi connectivity index (χ1) is 8.40. The maximum Gasteiger partial charge on any atom is 0.136 e. The smallest absolute Gasteiger partial charge is 0.136 e. The first-order valence-corrected chi connectivity index (χ1v) is 6.57. The Morgan fingerprint density at radius 3 is 3.12 bits per heavy atom. The lowest BCUT2D eigenvalue weighted by Gasteiger charge is -1.99. The van der Waals surface area contributed by atoms with Gasteiger partial charge >= 0.3 is 0 Å². The molecule has 2 atom stereocenters. The number of hydrogen-bond donors (Lipinski definition) is 1. The molecule has 0 spiro atoms. The number of imidazole rings is 1. The second-order valence-electron chi connectivity index (χ2n) is 5.42. The molecule has 2 aromatic rings. The molecule has 0 aliphatic heterocycles. The van der Waals surface area contributed by atoms with Gasteiger partial charge in [0.15, 0.2) is 0 Å². The van der Waals surface area contributed by atoms with Crippen molar-refractivity contribution in [1.29, 1.82) is 0 Å². The number of pyridine rings is 1. The Hall–Kier alpha value is -1.35. The van der Waals surface area contributed by atoms with E-state index in [1.807, 2.05) is 6.07 Å². The van der Waals surface area contributed by atoms with Crippen LogP contribution in [0.15, 0.2) is 30.6 Å². The molecular formula is C14H17N3. The van der Waals surface area contributed by atoms with Crippen LogP contribution in [0.25, 0.3) is 5.65 Å². The molecule has 4 rings (SSSR count). The van der Waals surface area contributed by atoms with Gasteiger partial charge in [-0.05, 0) is 43.9 Å². The zero-order chi connectivity index (χ0) is 11.2. The molecule has 0 bridgehead atoms. The largest absolute Gasteiger partial charge is 0.314 e. The van der Waals surface area contributed by atoms with E-state index in [0.29, 0.717) is 5.92 Å². The Kier molecular flexibility index (Phi) is 2.03. The molecule has 1 N–H and O–H groups in total. The fourth-order valence-electron chi connectivity index (χ4n) is 2.57. The standard InChI is InChI=1S/C14H17N3/c1-2-6-17-9-13(16-14(17)3-1)12-7-10(12)8-15-11-4-5-11/h1-3,6,9-12,15H,4-5,7-8H2. The highest BCUT2D eigenvalue weighted by Gasteiger charge is 2.40. The molecule has 3 heteroatoms. The Bertz CT molecular complexity index is 508. The zero-order valence-electron chi connectivity index (χ0n) is 9.84. The van der Waals surface area contributed by atoms with E-state index in [0.717, 1.165) is 17.6 Å². The normalized spacial score (nSPS) is 27.5. The Balaban J connectivity index is 1.47. The highest BCUT2D eigenvalue weighted by molar-refractivity contribution is 5.41. The van der Waals surface area contributed by atoms with Gasteiger partial charge in [-0.15, -0.1) is 0 Å². The number of nitrogens with zero attached hydrogens (tertiary/aromatic N) is 2. The first-order valence-electron chi connectivity index (χ1n) is 6.57. The minimum absolute atomic E-state index is 0.696. The SMILES string of the molecule is c1ccn2cc(C3CC3CNC3CC3)nc2c1. The van der Waals surface area contributed by atoms with Crippen molar-refractivity contribution >= 4 is 5.65 Å². The van der Waals surface area contributed by atoms with Crippen LogP contribution in [0.3, 0.4) is 0 Å². The average molecular weight is 227 g/mol. The van der Waals surface area contributed by atoms with E-state index in [9.17, 15) is 0 Å². The fraction of sp³-hybridized carbons (Fsp3) is 0.500. The Morgan fingerprint density at radius 1 is 1.35 bits per heavy atom. The quantitative estimate of drug-likeness (QED) is 0.867. The molecule has 2 unspecified atom stereocenters. The molecule has 2 aromatic heterocycles. The summed E-state index contributed by atoms with van der Waals surface area (Å²) in [4.78, 5) is 4.70. The number of hydrogen-bond acceptors (Lipinski definition) is 2. The first kappa shape index (κ1) is 9.66. The molecule has 2 saturated carbocycles. The highest BCUT2D eigenvalue weighted by Crippen LogP contribution is 2.46. The van der Waals surface area contributed by atoms with Gasteiger partial charge in [0.1, 0.15) is 5.65 Å². The van der Waals surface area contributed by atoms with E-state index in [4.69, 9.17) is 4.98 Å². The summed E-state index contributed by atoms with van der Waals surface area (Å²) in [7, 11) is 0. The van der Waals surface area contributed by atoms with Crippen LogP contribution in [0.5, 0.6) is 0 Å². The van der Waals surface area contributed by atoms with Crippen LogP contribution in [-0.4, -0.2) is 22.0 Å². The second kappa shape index (κ2) is 3.57.